The summed E-state index contributed by atoms with van der Waals surface area (Å²) in [6, 6.07) is 13.5. The fraction of sp³-hybridized carbons (Fsp3) is 0.286. The lowest BCUT2D eigenvalue weighted by Crippen LogP contribution is -2.17. The van der Waals surface area contributed by atoms with Crippen molar-refractivity contribution in [2.45, 2.75) is 18.8 Å². The van der Waals surface area contributed by atoms with Crippen LogP contribution in [0.5, 0.6) is 17.2 Å². The summed E-state index contributed by atoms with van der Waals surface area (Å²) in [5, 5.41) is 3.34. The van der Waals surface area contributed by atoms with Gasteiger partial charge in [0.1, 0.15) is 17.2 Å². The number of benzene rings is 2. The summed E-state index contributed by atoms with van der Waals surface area (Å²) >= 11 is 0. The number of carbonyl (C=O) groups is 1. The summed E-state index contributed by atoms with van der Waals surface area (Å²) in [5.41, 5.74) is 2.82. The van der Waals surface area contributed by atoms with Gasteiger partial charge in [0, 0.05) is 24.3 Å². The number of allylic oxidation sites excluding steroid dienone is 2. The highest BCUT2D eigenvalue weighted by Crippen LogP contribution is 2.35. The van der Waals surface area contributed by atoms with Gasteiger partial charge in [-0.2, -0.15) is 0 Å². The molecule has 3 rings (SSSR count). The minimum atomic E-state index is 0.118. The second kappa shape index (κ2) is 7.95. The normalized spacial score (nSPS) is 16.7. The third-order valence-corrected chi connectivity index (χ3v) is 4.54. The first-order valence-corrected chi connectivity index (χ1v) is 8.49. The zero-order valence-electron chi connectivity index (χ0n) is 15.2. The van der Waals surface area contributed by atoms with Crippen LogP contribution in [-0.4, -0.2) is 27.1 Å². The van der Waals surface area contributed by atoms with Gasteiger partial charge in [0.2, 0.25) is 0 Å². The molecule has 1 aliphatic rings. The zero-order chi connectivity index (χ0) is 18.5. The van der Waals surface area contributed by atoms with Crippen molar-refractivity contribution in [3.05, 3.63) is 59.8 Å². The smallest absolute Gasteiger partial charge is 0.158 e. The molecule has 0 radical (unpaired) electrons. The molecule has 1 atom stereocenters. The summed E-state index contributed by atoms with van der Waals surface area (Å²) < 4.78 is 15.9. The van der Waals surface area contributed by atoms with Crippen LogP contribution in [0.3, 0.4) is 0 Å². The Morgan fingerprint density at radius 2 is 1.58 bits per heavy atom. The lowest BCUT2D eigenvalue weighted by molar-refractivity contribution is -0.115. The van der Waals surface area contributed by atoms with Gasteiger partial charge in [-0.25, -0.2) is 0 Å². The Bertz CT molecular complexity index is 811. The van der Waals surface area contributed by atoms with Gasteiger partial charge in [0.15, 0.2) is 5.78 Å². The molecule has 0 amide bonds. The zero-order valence-corrected chi connectivity index (χ0v) is 15.2. The largest absolute Gasteiger partial charge is 0.497 e. The van der Waals surface area contributed by atoms with Crippen molar-refractivity contribution < 1.29 is 19.0 Å². The van der Waals surface area contributed by atoms with Crippen LogP contribution in [0.4, 0.5) is 5.69 Å². The van der Waals surface area contributed by atoms with Crippen LogP contribution in [0.1, 0.15) is 24.3 Å². The quantitative estimate of drug-likeness (QED) is 0.845. The topological polar surface area (TPSA) is 56.8 Å². The predicted octanol–water partition coefficient (Wildman–Crippen LogP) is 4.15. The second-order valence-electron chi connectivity index (χ2n) is 6.21. The first-order chi connectivity index (χ1) is 12.6. The van der Waals surface area contributed by atoms with Crippen molar-refractivity contribution in [2.75, 3.05) is 26.6 Å². The number of nitrogens with one attached hydrogen (secondary N) is 1. The third kappa shape index (κ3) is 3.99. The maximum atomic E-state index is 12.2. The van der Waals surface area contributed by atoms with Crippen molar-refractivity contribution in [3.63, 3.8) is 0 Å². The number of methoxy groups -OCH3 is 3. The molecule has 1 N–H and O–H groups in total. The Kier molecular flexibility index (Phi) is 5.46. The molecule has 0 unspecified atom stereocenters. The predicted molar refractivity (Wildman–Crippen MR) is 101 cm³/mol. The first-order valence-electron chi connectivity index (χ1n) is 8.49. The van der Waals surface area contributed by atoms with Crippen LogP contribution < -0.4 is 19.5 Å². The summed E-state index contributed by atoms with van der Waals surface area (Å²) in [6.07, 6.45) is 2.95. The van der Waals surface area contributed by atoms with E-state index in [1.807, 2.05) is 42.5 Å². The molecule has 0 aliphatic heterocycles. The molecule has 26 heavy (non-hydrogen) atoms. The fourth-order valence-corrected chi connectivity index (χ4v) is 3.17. The van der Waals surface area contributed by atoms with Crippen molar-refractivity contribution in [3.8, 4) is 17.2 Å². The average molecular weight is 353 g/mol. The molecular formula is C21H23NO4. The van der Waals surface area contributed by atoms with Gasteiger partial charge in [0.05, 0.1) is 27.0 Å². The van der Waals surface area contributed by atoms with Crippen LogP contribution in [0.15, 0.2) is 54.2 Å². The maximum Gasteiger partial charge on any atom is 0.158 e. The molecule has 1 aliphatic carbocycles. The van der Waals surface area contributed by atoms with E-state index in [-0.39, 0.29) is 11.7 Å². The maximum absolute atomic E-state index is 12.2. The van der Waals surface area contributed by atoms with Gasteiger partial charge in [-0.1, -0.05) is 12.1 Å². The molecule has 136 valence electrons. The van der Waals surface area contributed by atoms with Crippen LogP contribution >= 0.6 is 0 Å². The highest BCUT2D eigenvalue weighted by Gasteiger charge is 2.23. The highest BCUT2D eigenvalue weighted by molar-refractivity contribution is 5.92. The number of ketones is 1. The van der Waals surface area contributed by atoms with Gasteiger partial charge in [-0.3, -0.25) is 4.79 Å². The summed E-state index contributed by atoms with van der Waals surface area (Å²) in [5.74, 6) is 2.46. The number of hydrogen-bond acceptors (Lipinski definition) is 5. The molecular weight excluding hydrogens is 330 g/mol. The minimum Gasteiger partial charge on any atom is -0.497 e. The molecule has 0 saturated carbocycles. The van der Waals surface area contributed by atoms with E-state index in [1.54, 1.807) is 27.4 Å². The molecule has 0 fully saturated rings. The van der Waals surface area contributed by atoms with E-state index < -0.39 is 0 Å². The van der Waals surface area contributed by atoms with E-state index in [0.29, 0.717) is 12.2 Å². The van der Waals surface area contributed by atoms with Gasteiger partial charge in [-0.05, 0) is 42.2 Å². The van der Waals surface area contributed by atoms with Crippen molar-refractivity contribution in [1.29, 1.82) is 0 Å². The van der Waals surface area contributed by atoms with Crippen molar-refractivity contribution in [1.82, 2.24) is 0 Å². The van der Waals surface area contributed by atoms with E-state index in [9.17, 15) is 4.79 Å². The number of hydrogen-bond donors (Lipinski definition) is 1. The van der Waals surface area contributed by atoms with Crippen LogP contribution in [0.2, 0.25) is 0 Å². The molecule has 0 saturated heterocycles. The second-order valence-corrected chi connectivity index (χ2v) is 6.21. The van der Waals surface area contributed by atoms with Crippen LogP contribution in [0, 0.1) is 0 Å². The van der Waals surface area contributed by atoms with E-state index in [1.165, 1.54) is 0 Å². The molecule has 0 heterocycles. The number of ether oxygens (including phenoxy) is 3. The van der Waals surface area contributed by atoms with E-state index in [4.69, 9.17) is 14.2 Å². The van der Waals surface area contributed by atoms with Crippen LogP contribution in [0.25, 0.3) is 0 Å². The SMILES string of the molecule is COc1ccc([C@@H]2CC(=O)C=C(Nc3ccc(OC)cc3OC)C2)cc1. The molecule has 0 spiro atoms. The number of rotatable bonds is 6. The van der Waals surface area contributed by atoms with Gasteiger partial charge < -0.3 is 19.5 Å². The van der Waals surface area contributed by atoms with E-state index in [0.717, 1.165) is 34.9 Å². The monoisotopic (exact) mass is 353 g/mol. The molecule has 0 bridgehead atoms. The lowest BCUT2D eigenvalue weighted by atomic mass is 9.85. The standard InChI is InChI=1S/C21H23NO4/c1-24-18-6-4-14(5-7-18)15-10-16(12-17(23)11-15)22-20-9-8-19(25-2)13-21(20)26-3/h4-9,12-13,15,22H,10-11H2,1-3H3/t15-/m0/s1. The third-order valence-electron chi connectivity index (χ3n) is 4.54. The molecule has 2 aromatic carbocycles. The Labute approximate surface area is 153 Å². The van der Waals surface area contributed by atoms with Gasteiger partial charge in [-0.15, -0.1) is 0 Å². The molecule has 5 heteroatoms. The minimum absolute atomic E-state index is 0.118. The molecule has 0 aromatic heterocycles. The summed E-state index contributed by atoms with van der Waals surface area (Å²) in [7, 11) is 4.87. The molecule has 5 nitrogen and oxygen atoms in total. The summed E-state index contributed by atoms with van der Waals surface area (Å²) in [4.78, 5) is 12.2. The van der Waals surface area contributed by atoms with Crippen LogP contribution in [-0.2, 0) is 4.79 Å². The van der Waals surface area contributed by atoms with E-state index >= 15 is 0 Å². The van der Waals surface area contributed by atoms with Gasteiger partial charge >= 0.3 is 0 Å². The summed E-state index contributed by atoms with van der Waals surface area (Å²) in [6.45, 7) is 0. The number of carbonyl (C=O) groups excluding carboxylic acids is 1. The highest BCUT2D eigenvalue weighted by atomic mass is 16.5. The fourth-order valence-electron chi connectivity index (χ4n) is 3.17. The van der Waals surface area contributed by atoms with Gasteiger partial charge in [0.25, 0.3) is 0 Å². The van der Waals surface area contributed by atoms with Crippen molar-refractivity contribution >= 4 is 11.5 Å². The Morgan fingerprint density at radius 1 is 0.885 bits per heavy atom. The lowest BCUT2D eigenvalue weighted by Gasteiger charge is -2.24. The Balaban J connectivity index is 1.79. The Morgan fingerprint density at radius 3 is 2.23 bits per heavy atom. The van der Waals surface area contributed by atoms with E-state index in [2.05, 4.69) is 5.32 Å². The first kappa shape index (κ1) is 17.9. The van der Waals surface area contributed by atoms with Crippen molar-refractivity contribution in [2.24, 2.45) is 0 Å². The average Bonchev–Trinajstić information content (AvgIpc) is 2.68. The number of anilines is 1. The Hall–Kier alpha value is -2.95. The molecule has 2 aromatic rings.